The van der Waals surface area contributed by atoms with Crippen LogP contribution in [0.5, 0.6) is 5.75 Å². The summed E-state index contributed by atoms with van der Waals surface area (Å²) in [6.45, 7) is 4.64. The van der Waals surface area contributed by atoms with Gasteiger partial charge in [0.25, 0.3) is 0 Å². The minimum atomic E-state index is -0.844. The Morgan fingerprint density at radius 1 is 1.41 bits per heavy atom. The van der Waals surface area contributed by atoms with E-state index in [-0.39, 0.29) is 0 Å². The highest BCUT2D eigenvalue weighted by Gasteiger charge is 2.09. The van der Waals surface area contributed by atoms with Gasteiger partial charge in [0.2, 0.25) is 0 Å². The first kappa shape index (κ1) is 14.2. The molecule has 0 radical (unpaired) electrons. The van der Waals surface area contributed by atoms with Crippen molar-refractivity contribution in [3.05, 3.63) is 29.3 Å². The van der Waals surface area contributed by atoms with Gasteiger partial charge in [0.1, 0.15) is 5.75 Å². The summed E-state index contributed by atoms with van der Waals surface area (Å²) in [4.78, 5) is 0. The van der Waals surface area contributed by atoms with E-state index >= 15 is 0 Å². The zero-order valence-corrected chi connectivity index (χ0v) is 11.5. The Labute approximate surface area is 106 Å². The lowest BCUT2D eigenvalue weighted by Gasteiger charge is -2.11. The summed E-state index contributed by atoms with van der Waals surface area (Å²) in [7, 11) is 0.787. The molecule has 4 heteroatoms. The van der Waals surface area contributed by atoms with Crippen LogP contribution in [0.25, 0.3) is 0 Å². The molecular formula is C13H21NO2S. The van der Waals surface area contributed by atoms with Crippen molar-refractivity contribution in [2.75, 3.05) is 12.9 Å². The molecule has 0 aromatic heterocycles. The first-order valence-electron chi connectivity index (χ1n) is 5.77. The van der Waals surface area contributed by atoms with Gasteiger partial charge in [-0.1, -0.05) is 19.9 Å². The van der Waals surface area contributed by atoms with Crippen LogP contribution in [0.2, 0.25) is 0 Å². The van der Waals surface area contributed by atoms with Crippen LogP contribution in [-0.4, -0.2) is 17.1 Å². The Morgan fingerprint density at radius 2 is 2.12 bits per heavy atom. The molecule has 3 nitrogen and oxygen atoms in total. The molecule has 1 atom stereocenters. The van der Waals surface area contributed by atoms with Crippen LogP contribution in [0, 0.1) is 5.92 Å². The molecule has 0 amide bonds. The van der Waals surface area contributed by atoms with Crippen molar-refractivity contribution in [3.8, 4) is 5.75 Å². The number of rotatable bonds is 6. The van der Waals surface area contributed by atoms with Crippen molar-refractivity contribution in [2.24, 2.45) is 11.7 Å². The van der Waals surface area contributed by atoms with Crippen LogP contribution < -0.4 is 10.5 Å². The summed E-state index contributed by atoms with van der Waals surface area (Å²) < 4.78 is 17.2. The molecular weight excluding hydrogens is 234 g/mol. The smallest absolute Gasteiger partial charge is 0.123 e. The fraction of sp³-hybridized carbons (Fsp3) is 0.538. The number of methoxy groups -OCH3 is 1. The van der Waals surface area contributed by atoms with Gasteiger partial charge in [-0.05, 0) is 23.6 Å². The molecule has 1 aromatic rings. The van der Waals surface area contributed by atoms with E-state index in [0.29, 0.717) is 18.2 Å². The molecule has 1 unspecified atom stereocenters. The van der Waals surface area contributed by atoms with Crippen molar-refractivity contribution >= 4 is 10.8 Å². The maximum Gasteiger partial charge on any atom is 0.123 e. The van der Waals surface area contributed by atoms with Gasteiger partial charge in [0, 0.05) is 28.7 Å². The second-order valence-electron chi connectivity index (χ2n) is 4.50. The van der Waals surface area contributed by atoms with E-state index in [1.807, 2.05) is 18.2 Å². The Kier molecular flexibility index (Phi) is 5.65. The molecule has 0 saturated carbocycles. The number of nitrogens with two attached hydrogens (primary N) is 1. The first-order chi connectivity index (χ1) is 8.06. The van der Waals surface area contributed by atoms with E-state index in [9.17, 15) is 4.21 Å². The summed E-state index contributed by atoms with van der Waals surface area (Å²) in [6.07, 6.45) is 0. The van der Waals surface area contributed by atoms with Gasteiger partial charge in [0.15, 0.2) is 0 Å². The summed E-state index contributed by atoms with van der Waals surface area (Å²) in [5.74, 6) is 2.49. The highest BCUT2D eigenvalue weighted by Crippen LogP contribution is 2.21. The van der Waals surface area contributed by atoms with Crippen LogP contribution in [0.15, 0.2) is 18.2 Å². The molecule has 2 N–H and O–H groups in total. The second-order valence-corrected chi connectivity index (χ2v) is 6.00. The molecule has 0 spiro atoms. The molecule has 0 fully saturated rings. The quantitative estimate of drug-likeness (QED) is 0.846. The predicted octanol–water partition coefficient (Wildman–Crippen LogP) is 2.06. The van der Waals surface area contributed by atoms with Crippen LogP contribution in [0.3, 0.4) is 0 Å². The topological polar surface area (TPSA) is 52.3 Å². The van der Waals surface area contributed by atoms with Gasteiger partial charge in [-0.2, -0.15) is 0 Å². The van der Waals surface area contributed by atoms with Crippen LogP contribution in [0.1, 0.15) is 25.0 Å². The Morgan fingerprint density at radius 3 is 2.65 bits per heavy atom. The number of benzene rings is 1. The Hall–Kier alpha value is -0.870. The number of hydrogen-bond donors (Lipinski definition) is 1. The molecule has 17 heavy (non-hydrogen) atoms. The maximum absolute atomic E-state index is 11.9. The number of ether oxygens (including phenoxy) is 1. The van der Waals surface area contributed by atoms with E-state index < -0.39 is 10.8 Å². The van der Waals surface area contributed by atoms with Crippen LogP contribution in [0.4, 0.5) is 0 Å². The fourth-order valence-electron chi connectivity index (χ4n) is 1.68. The van der Waals surface area contributed by atoms with E-state index in [1.54, 1.807) is 7.11 Å². The lowest BCUT2D eigenvalue weighted by atomic mass is 10.1. The predicted molar refractivity (Wildman–Crippen MR) is 72.4 cm³/mol. The standard InChI is InChI=1S/C13H21NO2S/c1-10(2)8-17(15)9-12-6-11(7-14)4-5-13(12)16-3/h4-6,10H,7-9,14H2,1-3H3. The van der Waals surface area contributed by atoms with Gasteiger partial charge in [-0.3, -0.25) is 4.21 Å². The van der Waals surface area contributed by atoms with E-state index in [4.69, 9.17) is 10.5 Å². The molecule has 96 valence electrons. The fourth-order valence-corrected chi connectivity index (χ4v) is 3.11. The van der Waals surface area contributed by atoms with Crippen molar-refractivity contribution in [2.45, 2.75) is 26.1 Å². The zero-order valence-electron chi connectivity index (χ0n) is 10.7. The van der Waals surface area contributed by atoms with Crippen molar-refractivity contribution < 1.29 is 8.95 Å². The number of hydrogen-bond acceptors (Lipinski definition) is 3. The average molecular weight is 255 g/mol. The van der Waals surface area contributed by atoms with E-state index in [0.717, 1.165) is 22.6 Å². The monoisotopic (exact) mass is 255 g/mol. The van der Waals surface area contributed by atoms with Gasteiger partial charge in [-0.25, -0.2) is 0 Å². The van der Waals surface area contributed by atoms with Crippen molar-refractivity contribution in [3.63, 3.8) is 0 Å². The summed E-state index contributed by atoms with van der Waals surface area (Å²) in [5.41, 5.74) is 7.63. The van der Waals surface area contributed by atoms with Crippen molar-refractivity contribution in [1.29, 1.82) is 0 Å². The highest BCUT2D eigenvalue weighted by molar-refractivity contribution is 7.84. The SMILES string of the molecule is COc1ccc(CN)cc1CS(=O)CC(C)C. The Bertz CT molecular complexity index is 391. The molecule has 0 saturated heterocycles. The largest absolute Gasteiger partial charge is 0.496 e. The van der Waals surface area contributed by atoms with Crippen molar-refractivity contribution in [1.82, 2.24) is 0 Å². The van der Waals surface area contributed by atoms with Gasteiger partial charge in [0.05, 0.1) is 12.9 Å². The summed E-state index contributed by atoms with van der Waals surface area (Å²) in [6, 6.07) is 5.81. The molecule has 0 aliphatic heterocycles. The van der Waals surface area contributed by atoms with E-state index in [2.05, 4.69) is 13.8 Å². The molecule has 0 aliphatic rings. The van der Waals surface area contributed by atoms with Crippen LogP contribution >= 0.6 is 0 Å². The van der Waals surface area contributed by atoms with Gasteiger partial charge < -0.3 is 10.5 Å². The van der Waals surface area contributed by atoms with Gasteiger partial charge in [-0.15, -0.1) is 0 Å². The minimum Gasteiger partial charge on any atom is -0.496 e. The molecule has 1 rings (SSSR count). The summed E-state index contributed by atoms with van der Waals surface area (Å²) >= 11 is 0. The molecule has 0 bridgehead atoms. The van der Waals surface area contributed by atoms with Crippen LogP contribution in [-0.2, 0) is 23.1 Å². The third-order valence-electron chi connectivity index (χ3n) is 2.42. The third-order valence-corrected chi connectivity index (χ3v) is 4.09. The normalized spacial score (nSPS) is 12.8. The average Bonchev–Trinajstić information content (AvgIpc) is 2.27. The minimum absolute atomic E-state index is 0.444. The third kappa shape index (κ3) is 4.48. The lowest BCUT2D eigenvalue weighted by Crippen LogP contribution is -2.08. The molecule has 0 heterocycles. The zero-order chi connectivity index (χ0) is 12.8. The molecule has 0 aliphatic carbocycles. The highest BCUT2D eigenvalue weighted by atomic mass is 32.2. The van der Waals surface area contributed by atoms with E-state index in [1.165, 1.54) is 0 Å². The lowest BCUT2D eigenvalue weighted by molar-refractivity contribution is 0.411. The van der Waals surface area contributed by atoms with Gasteiger partial charge >= 0.3 is 0 Å². The molecule has 1 aromatic carbocycles. The first-order valence-corrected chi connectivity index (χ1v) is 7.26. The summed E-state index contributed by atoms with van der Waals surface area (Å²) in [5, 5.41) is 0. The Balaban J connectivity index is 2.83. The second kappa shape index (κ2) is 6.77. The maximum atomic E-state index is 11.9.